The highest BCUT2D eigenvalue weighted by Crippen LogP contribution is 2.28. The average Bonchev–Trinajstić information content (AvgIpc) is 2.44. The normalized spacial score (nSPS) is 13.3. The van der Waals surface area contributed by atoms with Crippen molar-refractivity contribution in [1.29, 1.82) is 0 Å². The molecule has 2 unspecified atom stereocenters. The van der Waals surface area contributed by atoms with Crippen molar-refractivity contribution in [3.63, 3.8) is 0 Å². The number of thioether (sulfide) groups is 1. The third-order valence-electron chi connectivity index (χ3n) is 2.94. The van der Waals surface area contributed by atoms with Crippen LogP contribution in [-0.4, -0.2) is 35.6 Å². The van der Waals surface area contributed by atoms with Crippen molar-refractivity contribution >= 4 is 35.2 Å². The van der Waals surface area contributed by atoms with Crippen molar-refractivity contribution < 1.29 is 19.4 Å². The van der Waals surface area contributed by atoms with Crippen LogP contribution in [0.3, 0.4) is 0 Å². The summed E-state index contributed by atoms with van der Waals surface area (Å²) in [4.78, 5) is 23.2. The van der Waals surface area contributed by atoms with Crippen LogP contribution in [0.25, 0.3) is 0 Å². The summed E-state index contributed by atoms with van der Waals surface area (Å²) in [6, 6.07) is 3.50. The Balaban J connectivity index is 2.89. The number of aliphatic carboxylic acids is 1. The van der Waals surface area contributed by atoms with Crippen LogP contribution in [0.2, 0.25) is 5.02 Å². The average molecular weight is 332 g/mol. The molecule has 1 rings (SSSR count). The maximum Gasteiger partial charge on any atom is 0.330 e. The molecule has 0 spiro atoms. The van der Waals surface area contributed by atoms with Crippen LogP contribution in [0, 0.1) is 0 Å². The Bertz CT molecular complexity index is 524. The number of rotatable bonds is 7. The van der Waals surface area contributed by atoms with E-state index in [-0.39, 0.29) is 17.6 Å². The Kier molecular flexibility index (Phi) is 6.84. The van der Waals surface area contributed by atoms with Gasteiger partial charge in [-0.05, 0) is 24.0 Å². The molecular weight excluding hydrogens is 314 g/mol. The van der Waals surface area contributed by atoms with E-state index in [1.54, 1.807) is 23.9 Å². The van der Waals surface area contributed by atoms with Gasteiger partial charge in [-0.1, -0.05) is 24.6 Å². The number of carboxylic acids is 1. The quantitative estimate of drug-likeness (QED) is 0.803. The van der Waals surface area contributed by atoms with Crippen molar-refractivity contribution in [3.8, 4) is 5.75 Å². The van der Waals surface area contributed by atoms with E-state index in [4.69, 9.17) is 16.3 Å². The van der Waals surface area contributed by atoms with Gasteiger partial charge < -0.3 is 15.2 Å². The minimum absolute atomic E-state index is 0.124. The minimum atomic E-state index is -1.14. The number of halogens is 1. The molecule has 0 heterocycles. The fraction of sp³-hybridized carbons (Fsp3) is 0.429. The molecule has 1 aromatic carbocycles. The molecule has 0 aliphatic carbocycles. The summed E-state index contributed by atoms with van der Waals surface area (Å²) in [7, 11) is 1.47. The maximum atomic E-state index is 11.9. The van der Waals surface area contributed by atoms with Crippen LogP contribution in [-0.2, 0) is 9.59 Å². The van der Waals surface area contributed by atoms with Gasteiger partial charge in [0.15, 0.2) is 6.04 Å². The highest BCUT2D eigenvalue weighted by Gasteiger charge is 2.23. The molecule has 1 aromatic rings. The molecule has 0 saturated carbocycles. The number of carboxylic acid groups (broad SMARTS) is 1. The van der Waals surface area contributed by atoms with E-state index in [2.05, 4.69) is 5.32 Å². The minimum Gasteiger partial charge on any atom is -0.495 e. The van der Waals surface area contributed by atoms with Gasteiger partial charge in [0.2, 0.25) is 5.91 Å². The number of benzene rings is 1. The Morgan fingerprint density at radius 3 is 2.62 bits per heavy atom. The number of carbonyl (C=O) groups is 2. The number of hydrogen-bond acceptors (Lipinski definition) is 4. The standard InChI is InChI=1S/C14H18ClNO4S/c1-8(21-3)6-12(17)16-13(14(18)19)9-4-5-11(20-2)10(15)7-9/h4-5,7-8,13H,6H2,1-3H3,(H,16,17)(H,18,19). The van der Waals surface area contributed by atoms with Gasteiger partial charge in [-0.25, -0.2) is 4.79 Å². The molecule has 2 atom stereocenters. The molecule has 116 valence electrons. The van der Waals surface area contributed by atoms with Crippen LogP contribution in [0.1, 0.15) is 24.9 Å². The third-order valence-corrected chi connectivity index (χ3v) is 4.20. The van der Waals surface area contributed by atoms with Gasteiger partial charge in [0.05, 0.1) is 12.1 Å². The molecule has 21 heavy (non-hydrogen) atoms. The maximum absolute atomic E-state index is 11.9. The predicted octanol–water partition coefficient (Wildman–Crippen LogP) is 2.73. The largest absolute Gasteiger partial charge is 0.495 e. The van der Waals surface area contributed by atoms with E-state index in [1.807, 2.05) is 13.2 Å². The zero-order valence-corrected chi connectivity index (χ0v) is 13.6. The molecule has 1 amide bonds. The Labute approximate surface area is 133 Å². The second-order valence-corrected chi connectivity index (χ2v) is 6.17. The monoisotopic (exact) mass is 331 g/mol. The lowest BCUT2D eigenvalue weighted by molar-refractivity contribution is -0.142. The molecule has 0 radical (unpaired) electrons. The smallest absolute Gasteiger partial charge is 0.330 e. The van der Waals surface area contributed by atoms with Crippen molar-refractivity contribution in [3.05, 3.63) is 28.8 Å². The summed E-state index contributed by atoms with van der Waals surface area (Å²) in [6.07, 6.45) is 2.16. The van der Waals surface area contributed by atoms with Crippen molar-refractivity contribution in [1.82, 2.24) is 5.32 Å². The lowest BCUT2D eigenvalue weighted by Gasteiger charge is -2.17. The van der Waals surface area contributed by atoms with Crippen LogP contribution in [0.5, 0.6) is 5.75 Å². The van der Waals surface area contributed by atoms with Crippen LogP contribution >= 0.6 is 23.4 Å². The fourth-order valence-electron chi connectivity index (χ4n) is 1.71. The SMILES string of the molecule is COc1ccc(C(NC(=O)CC(C)SC)C(=O)O)cc1Cl. The van der Waals surface area contributed by atoms with E-state index >= 15 is 0 Å². The Morgan fingerprint density at radius 2 is 2.14 bits per heavy atom. The zero-order chi connectivity index (χ0) is 16.0. The first-order valence-corrected chi connectivity index (χ1v) is 7.94. The van der Waals surface area contributed by atoms with Gasteiger partial charge in [0.25, 0.3) is 0 Å². The summed E-state index contributed by atoms with van der Waals surface area (Å²) < 4.78 is 5.02. The Morgan fingerprint density at radius 1 is 1.48 bits per heavy atom. The van der Waals surface area contributed by atoms with Gasteiger partial charge in [-0.3, -0.25) is 4.79 Å². The van der Waals surface area contributed by atoms with E-state index in [0.717, 1.165) is 0 Å². The van der Waals surface area contributed by atoms with Gasteiger partial charge in [-0.2, -0.15) is 11.8 Å². The third kappa shape index (κ3) is 5.13. The Hall–Kier alpha value is -1.40. The number of ether oxygens (including phenoxy) is 1. The van der Waals surface area contributed by atoms with Crippen molar-refractivity contribution in [2.75, 3.05) is 13.4 Å². The molecule has 0 aliphatic rings. The predicted molar refractivity (Wildman–Crippen MR) is 84.1 cm³/mol. The van der Waals surface area contributed by atoms with Gasteiger partial charge in [0.1, 0.15) is 5.75 Å². The van der Waals surface area contributed by atoms with Crippen molar-refractivity contribution in [2.45, 2.75) is 24.6 Å². The lowest BCUT2D eigenvalue weighted by Crippen LogP contribution is -2.34. The highest BCUT2D eigenvalue weighted by atomic mass is 35.5. The molecule has 5 nitrogen and oxygen atoms in total. The molecule has 0 aliphatic heterocycles. The first-order chi connectivity index (χ1) is 9.88. The number of carbonyl (C=O) groups excluding carboxylic acids is 1. The number of amides is 1. The molecule has 7 heteroatoms. The summed E-state index contributed by atoms with van der Waals surface area (Å²) in [5.41, 5.74) is 0.401. The highest BCUT2D eigenvalue weighted by molar-refractivity contribution is 7.99. The number of nitrogens with one attached hydrogen (secondary N) is 1. The van der Waals surface area contributed by atoms with E-state index in [0.29, 0.717) is 16.3 Å². The molecule has 0 bridgehead atoms. The van der Waals surface area contributed by atoms with Gasteiger partial charge in [0, 0.05) is 11.7 Å². The second kappa shape index (κ2) is 8.14. The summed E-state index contributed by atoms with van der Waals surface area (Å²) in [6.45, 7) is 1.91. The van der Waals surface area contributed by atoms with Crippen LogP contribution in [0.4, 0.5) is 0 Å². The second-order valence-electron chi connectivity index (χ2n) is 4.48. The summed E-state index contributed by atoms with van der Waals surface area (Å²) in [5, 5.41) is 12.2. The number of methoxy groups -OCH3 is 1. The van der Waals surface area contributed by atoms with Crippen molar-refractivity contribution in [2.24, 2.45) is 0 Å². The van der Waals surface area contributed by atoms with E-state index in [9.17, 15) is 14.7 Å². The first kappa shape index (κ1) is 17.7. The lowest BCUT2D eigenvalue weighted by atomic mass is 10.1. The molecule has 2 N–H and O–H groups in total. The van der Waals surface area contributed by atoms with E-state index in [1.165, 1.54) is 13.2 Å². The molecular formula is C14H18ClNO4S. The molecule has 0 aromatic heterocycles. The van der Waals surface area contributed by atoms with Crippen LogP contribution < -0.4 is 10.1 Å². The molecule has 0 fully saturated rings. The summed E-state index contributed by atoms with van der Waals surface area (Å²) in [5.74, 6) is -0.996. The zero-order valence-electron chi connectivity index (χ0n) is 12.1. The van der Waals surface area contributed by atoms with Gasteiger partial charge in [-0.15, -0.1) is 0 Å². The van der Waals surface area contributed by atoms with E-state index < -0.39 is 12.0 Å². The topological polar surface area (TPSA) is 75.6 Å². The number of hydrogen-bond donors (Lipinski definition) is 2. The van der Waals surface area contributed by atoms with Gasteiger partial charge >= 0.3 is 5.97 Å². The molecule has 0 saturated heterocycles. The van der Waals surface area contributed by atoms with Crippen LogP contribution in [0.15, 0.2) is 18.2 Å². The summed E-state index contributed by atoms with van der Waals surface area (Å²) >= 11 is 7.53. The fourth-order valence-corrected chi connectivity index (χ4v) is 2.30. The first-order valence-electron chi connectivity index (χ1n) is 6.27.